The number of amides is 4. The molecule has 5 N–H and O–H groups in total. The Labute approximate surface area is 352 Å². The summed E-state index contributed by atoms with van der Waals surface area (Å²) in [5, 5.41) is 12.1. The fraction of sp³-hybridized carbons (Fsp3) is 0.568. The number of carbonyl (C=O) groups excluding carboxylic acids is 4. The van der Waals surface area contributed by atoms with Crippen LogP contribution in [0.5, 0.6) is 0 Å². The molecule has 330 valence electrons. The van der Waals surface area contributed by atoms with Crippen LogP contribution in [0.4, 0.5) is 17.6 Å². The van der Waals surface area contributed by atoms with E-state index in [2.05, 4.69) is 26.3 Å². The minimum atomic E-state index is -1.37. The van der Waals surface area contributed by atoms with Gasteiger partial charge in [-0.25, -0.2) is 22.5 Å². The minimum absolute atomic E-state index is 0.0165. The number of aromatic nitrogens is 3. The molecule has 4 amide bonds. The van der Waals surface area contributed by atoms with Crippen LogP contribution < -0.4 is 21.3 Å². The standard InChI is InChI=1S/C44H57F4N9O4/c1-22(49-6)40(58)53-36(24-8-9-24)42(60)55-19-27(47)14-29(55)18-32-31-12-10-25(45)16-33(31)51-37(32)39-52-34-17-26(46)11-13-35(34)57(39)21-30-15-28(48)20-56(30)43(61)38(44(3,4)5)54-41(59)23(2)50-7/h10-13,16-17,22-24,27-30,36,38,49-51H,8-9,14-15,18-21H2,1-7H3,(H,53,58)(H,54,59). The maximum atomic E-state index is 15.6. The lowest BCUT2D eigenvalue weighted by Gasteiger charge is -2.36. The smallest absolute Gasteiger partial charge is 0.246 e. The van der Waals surface area contributed by atoms with Crippen LogP contribution in [0.1, 0.15) is 65.9 Å². The third-order valence-electron chi connectivity index (χ3n) is 12.6. The van der Waals surface area contributed by atoms with Crippen molar-refractivity contribution < 1.29 is 36.7 Å². The van der Waals surface area contributed by atoms with Crippen molar-refractivity contribution in [2.24, 2.45) is 11.3 Å². The first-order valence-electron chi connectivity index (χ1n) is 21.2. The molecule has 4 heterocycles. The van der Waals surface area contributed by atoms with Gasteiger partial charge in [-0.05, 0) is 94.4 Å². The molecule has 8 atom stereocenters. The van der Waals surface area contributed by atoms with E-state index in [1.807, 2.05) is 20.8 Å². The molecule has 0 spiro atoms. The Kier molecular flexibility index (Phi) is 12.6. The summed E-state index contributed by atoms with van der Waals surface area (Å²) in [5.41, 5.74) is 1.46. The second kappa shape index (κ2) is 17.4. The Morgan fingerprint density at radius 2 is 1.43 bits per heavy atom. The Morgan fingerprint density at radius 1 is 0.836 bits per heavy atom. The highest BCUT2D eigenvalue weighted by Crippen LogP contribution is 2.39. The number of aromatic amines is 1. The predicted molar refractivity (Wildman–Crippen MR) is 224 cm³/mol. The Morgan fingerprint density at radius 3 is 2.05 bits per heavy atom. The highest BCUT2D eigenvalue weighted by Gasteiger charge is 2.46. The molecule has 0 radical (unpaired) electrons. The van der Waals surface area contributed by atoms with Gasteiger partial charge in [0, 0.05) is 42.4 Å². The van der Waals surface area contributed by atoms with Crippen molar-refractivity contribution in [3.63, 3.8) is 0 Å². The van der Waals surface area contributed by atoms with Crippen molar-refractivity contribution >= 4 is 45.6 Å². The first-order valence-corrected chi connectivity index (χ1v) is 21.2. The van der Waals surface area contributed by atoms with Crippen LogP contribution >= 0.6 is 0 Å². The van der Waals surface area contributed by atoms with Crippen molar-refractivity contribution in [1.29, 1.82) is 0 Å². The molecule has 13 nitrogen and oxygen atoms in total. The van der Waals surface area contributed by atoms with E-state index in [0.29, 0.717) is 33.5 Å². The second-order valence-corrected chi connectivity index (χ2v) is 18.2. The molecule has 8 unspecified atom stereocenters. The van der Waals surface area contributed by atoms with Gasteiger partial charge < -0.3 is 40.6 Å². The van der Waals surface area contributed by atoms with Gasteiger partial charge in [-0.2, -0.15) is 0 Å². The summed E-state index contributed by atoms with van der Waals surface area (Å²) < 4.78 is 62.5. The lowest BCUT2D eigenvalue weighted by Crippen LogP contribution is -2.58. The number of carbonyl (C=O) groups is 4. The summed E-state index contributed by atoms with van der Waals surface area (Å²) in [6.07, 6.45) is -1.06. The molecule has 1 aliphatic carbocycles. The van der Waals surface area contributed by atoms with Crippen molar-refractivity contribution in [2.45, 2.75) is 122 Å². The van der Waals surface area contributed by atoms with E-state index < -0.39 is 71.6 Å². The maximum absolute atomic E-state index is 15.6. The van der Waals surface area contributed by atoms with Crippen molar-refractivity contribution in [3.05, 3.63) is 53.6 Å². The third-order valence-corrected chi connectivity index (χ3v) is 12.6. The van der Waals surface area contributed by atoms with Crippen LogP contribution in [-0.4, -0.2) is 124 Å². The third kappa shape index (κ3) is 9.13. The molecule has 3 fully saturated rings. The first-order chi connectivity index (χ1) is 28.9. The SMILES string of the molecule is CNC(C)C(=O)NC(C(=O)N1CC(F)CC1Cc1c(-c2nc3cc(F)ccc3n2CC2CC(F)CN2C(=O)C(NC(=O)C(C)NC)C(C)(C)C)[nH]c2cc(F)ccc12)C1CC1. The summed E-state index contributed by atoms with van der Waals surface area (Å²) in [5.74, 6) is -2.35. The van der Waals surface area contributed by atoms with Crippen molar-refractivity contribution in [3.8, 4) is 11.5 Å². The molecule has 2 saturated heterocycles. The molecular formula is C44H57F4N9O4. The number of likely N-dealkylation sites (N-methyl/N-ethyl adjacent to an activating group) is 2. The summed E-state index contributed by atoms with van der Waals surface area (Å²) in [4.78, 5) is 65.9. The number of nitrogens with one attached hydrogen (secondary N) is 5. The molecular weight excluding hydrogens is 795 g/mol. The molecule has 2 aromatic carbocycles. The van der Waals surface area contributed by atoms with Gasteiger partial charge in [0.15, 0.2) is 5.82 Å². The van der Waals surface area contributed by atoms with Gasteiger partial charge in [0.05, 0.1) is 47.9 Å². The van der Waals surface area contributed by atoms with E-state index in [1.165, 1.54) is 34.1 Å². The van der Waals surface area contributed by atoms with Gasteiger partial charge in [0.25, 0.3) is 0 Å². The molecule has 2 aromatic heterocycles. The molecule has 17 heteroatoms. The summed E-state index contributed by atoms with van der Waals surface area (Å²) in [6.45, 7) is 8.50. The van der Waals surface area contributed by atoms with Gasteiger partial charge >= 0.3 is 0 Å². The molecule has 4 aromatic rings. The zero-order chi connectivity index (χ0) is 44.1. The fourth-order valence-corrected chi connectivity index (χ4v) is 8.79. The van der Waals surface area contributed by atoms with E-state index in [0.717, 1.165) is 12.8 Å². The number of rotatable bonds is 14. The number of hydrogen-bond donors (Lipinski definition) is 5. The minimum Gasteiger partial charge on any atom is -0.352 e. The number of halogens is 4. The summed E-state index contributed by atoms with van der Waals surface area (Å²) in [6, 6.07) is 4.06. The van der Waals surface area contributed by atoms with Crippen LogP contribution in [0.2, 0.25) is 0 Å². The lowest BCUT2D eigenvalue weighted by atomic mass is 9.85. The van der Waals surface area contributed by atoms with Crippen LogP contribution in [0.15, 0.2) is 36.4 Å². The number of H-pyrrole nitrogens is 1. The molecule has 3 aliphatic rings. The number of nitrogens with zero attached hydrogens (tertiary/aromatic N) is 4. The average molecular weight is 852 g/mol. The van der Waals surface area contributed by atoms with Crippen LogP contribution in [-0.2, 0) is 32.1 Å². The van der Waals surface area contributed by atoms with E-state index in [1.54, 1.807) is 44.6 Å². The Hall–Kier alpha value is -5.03. The van der Waals surface area contributed by atoms with Crippen LogP contribution in [0, 0.1) is 23.0 Å². The number of likely N-dealkylation sites (tertiary alicyclic amines) is 2. The monoisotopic (exact) mass is 851 g/mol. The Bertz CT molecular complexity index is 2300. The molecule has 2 aliphatic heterocycles. The van der Waals surface area contributed by atoms with Crippen LogP contribution in [0.3, 0.4) is 0 Å². The largest absolute Gasteiger partial charge is 0.352 e. The van der Waals surface area contributed by atoms with Gasteiger partial charge in [-0.15, -0.1) is 0 Å². The first kappa shape index (κ1) is 44.0. The van der Waals surface area contributed by atoms with E-state index in [-0.39, 0.29) is 68.1 Å². The number of hydrogen-bond acceptors (Lipinski definition) is 7. The zero-order valence-corrected chi connectivity index (χ0v) is 35.8. The normalized spacial score (nSPS) is 22.7. The van der Waals surface area contributed by atoms with Crippen LogP contribution in [0.25, 0.3) is 33.5 Å². The maximum Gasteiger partial charge on any atom is 0.246 e. The highest BCUT2D eigenvalue weighted by atomic mass is 19.1. The number of alkyl halides is 2. The van der Waals surface area contributed by atoms with Gasteiger partial charge in [0.2, 0.25) is 23.6 Å². The number of fused-ring (bicyclic) bond motifs is 2. The molecule has 7 rings (SSSR count). The van der Waals surface area contributed by atoms with E-state index in [4.69, 9.17) is 4.98 Å². The fourth-order valence-electron chi connectivity index (χ4n) is 8.79. The Balaban J connectivity index is 1.28. The highest BCUT2D eigenvalue weighted by molar-refractivity contribution is 5.93. The summed E-state index contributed by atoms with van der Waals surface area (Å²) in [7, 11) is 3.28. The average Bonchev–Trinajstić information content (AvgIpc) is 3.57. The topological polar surface area (TPSA) is 156 Å². The lowest BCUT2D eigenvalue weighted by molar-refractivity contribution is -0.140. The molecule has 1 saturated carbocycles. The van der Waals surface area contributed by atoms with Gasteiger partial charge in [0.1, 0.15) is 36.1 Å². The number of benzene rings is 2. The van der Waals surface area contributed by atoms with E-state index >= 15 is 8.78 Å². The molecule has 0 bridgehead atoms. The second-order valence-electron chi connectivity index (χ2n) is 18.2. The van der Waals surface area contributed by atoms with Crippen molar-refractivity contribution in [1.82, 2.24) is 45.6 Å². The van der Waals surface area contributed by atoms with Crippen molar-refractivity contribution in [2.75, 3.05) is 27.2 Å². The van der Waals surface area contributed by atoms with Gasteiger partial charge in [-0.1, -0.05) is 20.8 Å². The summed E-state index contributed by atoms with van der Waals surface area (Å²) >= 11 is 0. The zero-order valence-electron chi connectivity index (χ0n) is 35.8. The van der Waals surface area contributed by atoms with Gasteiger partial charge in [-0.3, -0.25) is 19.2 Å². The quantitative estimate of drug-likeness (QED) is 0.117. The predicted octanol–water partition coefficient (Wildman–Crippen LogP) is 4.52. The van der Waals surface area contributed by atoms with E-state index in [9.17, 15) is 28.0 Å². The number of imidazole rings is 1. The molecule has 61 heavy (non-hydrogen) atoms.